The van der Waals surface area contributed by atoms with Crippen molar-refractivity contribution in [3.05, 3.63) is 35.4 Å². The maximum absolute atomic E-state index is 10.6. The zero-order valence-corrected chi connectivity index (χ0v) is 7.47. The smallest absolute Gasteiger partial charge is 0.307 e. The highest BCUT2D eigenvalue weighted by molar-refractivity contribution is 5.75. The predicted molar refractivity (Wildman–Crippen MR) is 49.6 cm³/mol. The molecule has 0 spiro atoms. The lowest BCUT2D eigenvalue weighted by Gasteiger charge is -1.97. The van der Waals surface area contributed by atoms with Crippen molar-refractivity contribution in [3.63, 3.8) is 0 Å². The third kappa shape index (κ3) is 1.47. The number of carboxylic acids is 1. The van der Waals surface area contributed by atoms with Crippen LogP contribution in [-0.4, -0.2) is 11.1 Å². The van der Waals surface area contributed by atoms with Crippen LogP contribution in [0.1, 0.15) is 23.5 Å². The van der Waals surface area contributed by atoms with Gasteiger partial charge in [0.2, 0.25) is 0 Å². The van der Waals surface area contributed by atoms with Crippen LogP contribution in [0.2, 0.25) is 0 Å². The second-order valence-corrected chi connectivity index (χ2v) is 3.52. The highest BCUT2D eigenvalue weighted by Crippen LogP contribution is 2.47. The van der Waals surface area contributed by atoms with Gasteiger partial charge in [-0.25, -0.2) is 0 Å². The maximum atomic E-state index is 10.6. The second-order valence-electron chi connectivity index (χ2n) is 3.52. The first-order valence-corrected chi connectivity index (χ1v) is 4.45. The van der Waals surface area contributed by atoms with Crippen LogP contribution in [0, 0.1) is 17.2 Å². The number of rotatable bonds is 2. The summed E-state index contributed by atoms with van der Waals surface area (Å²) < 4.78 is 0. The second kappa shape index (κ2) is 3.15. The van der Waals surface area contributed by atoms with E-state index in [0.29, 0.717) is 5.56 Å². The first kappa shape index (κ1) is 8.76. The molecule has 2 atom stereocenters. The molecule has 0 saturated heterocycles. The lowest BCUT2D eigenvalue weighted by molar-refractivity contribution is -0.138. The summed E-state index contributed by atoms with van der Waals surface area (Å²) in [6.45, 7) is 0. The van der Waals surface area contributed by atoms with Crippen molar-refractivity contribution in [1.29, 1.82) is 5.26 Å². The van der Waals surface area contributed by atoms with Crippen molar-refractivity contribution in [2.24, 2.45) is 5.92 Å². The van der Waals surface area contributed by atoms with E-state index in [1.807, 2.05) is 18.2 Å². The molecule has 0 heterocycles. The Balaban J connectivity index is 2.13. The normalized spacial score (nSPS) is 23.9. The van der Waals surface area contributed by atoms with Crippen LogP contribution >= 0.6 is 0 Å². The number of hydrogen-bond acceptors (Lipinski definition) is 2. The Bertz CT molecular complexity index is 402. The molecule has 2 rings (SSSR count). The highest BCUT2D eigenvalue weighted by Gasteiger charge is 2.43. The van der Waals surface area contributed by atoms with Crippen LogP contribution in [0.3, 0.4) is 0 Å². The Kier molecular flexibility index (Phi) is 1.97. The molecule has 3 nitrogen and oxygen atoms in total. The molecule has 0 unspecified atom stereocenters. The van der Waals surface area contributed by atoms with Gasteiger partial charge in [0, 0.05) is 0 Å². The molecule has 14 heavy (non-hydrogen) atoms. The topological polar surface area (TPSA) is 61.1 Å². The van der Waals surface area contributed by atoms with Gasteiger partial charge in [0.25, 0.3) is 0 Å². The Morgan fingerprint density at radius 1 is 1.43 bits per heavy atom. The molecule has 0 amide bonds. The van der Waals surface area contributed by atoms with E-state index in [1.165, 1.54) is 0 Å². The first-order valence-electron chi connectivity index (χ1n) is 4.45. The Hall–Kier alpha value is -1.82. The van der Waals surface area contributed by atoms with Gasteiger partial charge >= 0.3 is 5.97 Å². The van der Waals surface area contributed by atoms with Gasteiger partial charge < -0.3 is 5.11 Å². The zero-order chi connectivity index (χ0) is 10.1. The van der Waals surface area contributed by atoms with Crippen molar-refractivity contribution in [3.8, 4) is 6.07 Å². The summed E-state index contributed by atoms with van der Waals surface area (Å²) in [5, 5.41) is 17.3. The van der Waals surface area contributed by atoms with Gasteiger partial charge in [-0.2, -0.15) is 5.26 Å². The van der Waals surface area contributed by atoms with E-state index >= 15 is 0 Å². The van der Waals surface area contributed by atoms with Crippen LogP contribution in [0.4, 0.5) is 0 Å². The van der Waals surface area contributed by atoms with Crippen molar-refractivity contribution in [2.45, 2.75) is 12.3 Å². The van der Waals surface area contributed by atoms with E-state index in [1.54, 1.807) is 12.1 Å². The number of nitrogens with zero attached hydrogens (tertiary/aromatic N) is 1. The van der Waals surface area contributed by atoms with E-state index < -0.39 is 5.97 Å². The fourth-order valence-electron chi connectivity index (χ4n) is 1.64. The molecule has 1 saturated carbocycles. The molecule has 0 radical (unpaired) electrons. The largest absolute Gasteiger partial charge is 0.481 e. The van der Waals surface area contributed by atoms with E-state index in [4.69, 9.17) is 10.4 Å². The van der Waals surface area contributed by atoms with Gasteiger partial charge in [-0.3, -0.25) is 4.79 Å². The lowest BCUT2D eigenvalue weighted by Crippen LogP contribution is -1.98. The van der Waals surface area contributed by atoms with Gasteiger partial charge in [0.1, 0.15) is 0 Å². The summed E-state index contributed by atoms with van der Waals surface area (Å²) in [6, 6.07) is 9.17. The van der Waals surface area contributed by atoms with Gasteiger partial charge in [0.15, 0.2) is 0 Å². The molecule has 3 heteroatoms. The van der Waals surface area contributed by atoms with E-state index in [0.717, 1.165) is 12.0 Å². The fourth-order valence-corrected chi connectivity index (χ4v) is 1.64. The summed E-state index contributed by atoms with van der Waals surface area (Å²) >= 11 is 0. The summed E-state index contributed by atoms with van der Waals surface area (Å²) in [7, 11) is 0. The van der Waals surface area contributed by atoms with Crippen molar-refractivity contribution < 1.29 is 9.90 Å². The third-order valence-electron chi connectivity index (χ3n) is 2.58. The summed E-state index contributed by atoms with van der Waals surface area (Å²) in [5.74, 6) is -0.789. The molecule has 1 aliphatic rings. The Morgan fingerprint density at radius 3 is 2.50 bits per heavy atom. The molecule has 1 aliphatic carbocycles. The Labute approximate surface area is 81.6 Å². The average molecular weight is 187 g/mol. The minimum atomic E-state index is -0.723. The average Bonchev–Trinajstić information content (AvgIpc) is 2.97. The van der Waals surface area contributed by atoms with Crippen LogP contribution in [0.15, 0.2) is 24.3 Å². The minimum Gasteiger partial charge on any atom is -0.481 e. The quantitative estimate of drug-likeness (QED) is 0.767. The summed E-state index contributed by atoms with van der Waals surface area (Å²) in [5.41, 5.74) is 1.64. The Morgan fingerprint density at radius 2 is 2.07 bits per heavy atom. The first-order chi connectivity index (χ1) is 6.72. The number of carbonyl (C=O) groups is 1. The standard InChI is InChI=1S/C11H9NO2/c12-6-7-1-3-8(4-2-7)9-5-10(9)11(13)14/h1-4,9-10H,5H2,(H,13,14)/t9-,10-/m0/s1. The van der Waals surface area contributed by atoms with Crippen LogP contribution in [0.5, 0.6) is 0 Å². The van der Waals surface area contributed by atoms with E-state index in [9.17, 15) is 4.79 Å². The van der Waals surface area contributed by atoms with Crippen LogP contribution in [0.25, 0.3) is 0 Å². The predicted octanol–water partition coefficient (Wildman–Crippen LogP) is 1.75. The molecule has 0 bridgehead atoms. The van der Waals surface area contributed by atoms with Gasteiger partial charge in [0.05, 0.1) is 17.6 Å². The van der Waals surface area contributed by atoms with Crippen LogP contribution in [-0.2, 0) is 4.79 Å². The highest BCUT2D eigenvalue weighted by atomic mass is 16.4. The van der Waals surface area contributed by atoms with E-state index in [-0.39, 0.29) is 11.8 Å². The third-order valence-corrected chi connectivity index (χ3v) is 2.58. The van der Waals surface area contributed by atoms with Crippen molar-refractivity contribution in [1.82, 2.24) is 0 Å². The van der Waals surface area contributed by atoms with Gasteiger partial charge in [-0.1, -0.05) is 12.1 Å². The number of carboxylic acid groups (broad SMARTS) is 1. The monoisotopic (exact) mass is 187 g/mol. The summed E-state index contributed by atoms with van der Waals surface area (Å²) in [6.07, 6.45) is 0.723. The SMILES string of the molecule is N#Cc1ccc([C@@H]2C[C@@H]2C(=O)O)cc1. The molecular formula is C11H9NO2. The molecular weight excluding hydrogens is 178 g/mol. The lowest BCUT2D eigenvalue weighted by atomic mass is 10.1. The molecule has 1 fully saturated rings. The molecule has 1 aromatic carbocycles. The molecule has 0 aromatic heterocycles. The fraction of sp³-hybridized carbons (Fsp3) is 0.273. The number of aliphatic carboxylic acids is 1. The van der Waals surface area contributed by atoms with Gasteiger partial charge in [-0.15, -0.1) is 0 Å². The molecule has 0 aliphatic heterocycles. The van der Waals surface area contributed by atoms with E-state index in [2.05, 4.69) is 0 Å². The number of hydrogen-bond donors (Lipinski definition) is 1. The van der Waals surface area contributed by atoms with Crippen LogP contribution < -0.4 is 0 Å². The number of nitriles is 1. The molecule has 1 N–H and O–H groups in total. The van der Waals surface area contributed by atoms with Gasteiger partial charge in [-0.05, 0) is 30.0 Å². The minimum absolute atomic E-state index is 0.153. The summed E-state index contributed by atoms with van der Waals surface area (Å²) in [4.78, 5) is 10.6. The molecule has 70 valence electrons. The van der Waals surface area contributed by atoms with Crippen molar-refractivity contribution in [2.75, 3.05) is 0 Å². The number of benzene rings is 1. The molecule has 1 aromatic rings. The zero-order valence-electron chi connectivity index (χ0n) is 7.47. The maximum Gasteiger partial charge on any atom is 0.307 e. The van der Waals surface area contributed by atoms with Crippen molar-refractivity contribution >= 4 is 5.97 Å².